The third-order valence-electron chi connectivity index (χ3n) is 3.82. The molecule has 126 valence electrons. The molecule has 0 spiro atoms. The zero-order valence-electron chi connectivity index (χ0n) is 14.9. The number of rotatable bonds is 3. The zero-order valence-corrected chi connectivity index (χ0v) is 14.9. The lowest BCUT2D eigenvalue weighted by molar-refractivity contribution is -0.114. The maximum atomic E-state index is 12.5. The number of benzene rings is 2. The van der Waals surface area contributed by atoms with E-state index in [1.807, 2.05) is 43.3 Å². The minimum absolute atomic E-state index is 0.0539. The van der Waals surface area contributed by atoms with Crippen LogP contribution in [0.3, 0.4) is 0 Å². The van der Waals surface area contributed by atoms with Crippen LogP contribution in [-0.2, 0) is 10.2 Å². The fraction of sp³-hybridized carbons (Fsp3) is 0.300. The van der Waals surface area contributed by atoms with E-state index in [0.29, 0.717) is 16.9 Å². The standard InChI is InChI=1S/C20H24N2O2/c1-13-6-11-17(21-14(2)23)12-18(13)22-19(24)15-7-9-16(10-8-15)20(3,4)5/h6-12H,1-5H3,(H,21,23)(H,22,24). The van der Waals surface area contributed by atoms with E-state index in [9.17, 15) is 9.59 Å². The number of aryl methyl sites for hydroxylation is 1. The van der Waals surface area contributed by atoms with Gasteiger partial charge in [-0.3, -0.25) is 9.59 Å². The first kappa shape index (κ1) is 17.7. The van der Waals surface area contributed by atoms with Gasteiger partial charge in [0.25, 0.3) is 5.91 Å². The fourth-order valence-corrected chi connectivity index (χ4v) is 2.35. The SMILES string of the molecule is CC(=O)Nc1ccc(C)c(NC(=O)c2ccc(C(C)(C)C)cc2)c1. The zero-order chi connectivity index (χ0) is 17.9. The Morgan fingerprint density at radius 3 is 2.08 bits per heavy atom. The summed E-state index contributed by atoms with van der Waals surface area (Å²) in [6, 6.07) is 13.1. The molecule has 0 aliphatic rings. The summed E-state index contributed by atoms with van der Waals surface area (Å²) in [5, 5.41) is 5.63. The summed E-state index contributed by atoms with van der Waals surface area (Å²) in [5.41, 5.74) is 4.12. The second-order valence-corrected chi connectivity index (χ2v) is 6.99. The Morgan fingerprint density at radius 2 is 1.54 bits per heavy atom. The van der Waals surface area contributed by atoms with Gasteiger partial charge < -0.3 is 10.6 Å². The third-order valence-corrected chi connectivity index (χ3v) is 3.82. The molecule has 0 radical (unpaired) electrons. The van der Waals surface area contributed by atoms with Crippen LogP contribution in [0.2, 0.25) is 0 Å². The lowest BCUT2D eigenvalue weighted by Gasteiger charge is -2.19. The van der Waals surface area contributed by atoms with Crippen molar-refractivity contribution < 1.29 is 9.59 Å². The minimum atomic E-state index is -0.168. The molecule has 0 atom stereocenters. The Balaban J connectivity index is 2.18. The van der Waals surface area contributed by atoms with E-state index in [4.69, 9.17) is 0 Å². The molecule has 0 aromatic heterocycles. The van der Waals surface area contributed by atoms with Crippen molar-refractivity contribution in [1.82, 2.24) is 0 Å². The van der Waals surface area contributed by atoms with E-state index in [-0.39, 0.29) is 17.2 Å². The maximum absolute atomic E-state index is 12.5. The van der Waals surface area contributed by atoms with Gasteiger partial charge in [0.2, 0.25) is 5.91 Å². The van der Waals surface area contributed by atoms with Crippen molar-refractivity contribution in [2.75, 3.05) is 10.6 Å². The van der Waals surface area contributed by atoms with Gasteiger partial charge in [-0.15, -0.1) is 0 Å². The van der Waals surface area contributed by atoms with E-state index >= 15 is 0 Å². The topological polar surface area (TPSA) is 58.2 Å². The summed E-state index contributed by atoms with van der Waals surface area (Å²) in [4.78, 5) is 23.6. The highest BCUT2D eigenvalue weighted by atomic mass is 16.2. The molecule has 0 aliphatic heterocycles. The van der Waals surface area contributed by atoms with Gasteiger partial charge in [-0.2, -0.15) is 0 Å². The lowest BCUT2D eigenvalue weighted by Crippen LogP contribution is -2.15. The predicted octanol–water partition coefficient (Wildman–Crippen LogP) is 4.50. The average Bonchev–Trinajstić information content (AvgIpc) is 2.49. The molecular weight excluding hydrogens is 300 g/mol. The Bertz CT molecular complexity index is 756. The summed E-state index contributed by atoms with van der Waals surface area (Å²) >= 11 is 0. The van der Waals surface area contributed by atoms with Crippen molar-refractivity contribution in [1.29, 1.82) is 0 Å². The Hall–Kier alpha value is -2.62. The van der Waals surface area contributed by atoms with Crippen LogP contribution in [0.4, 0.5) is 11.4 Å². The third kappa shape index (κ3) is 4.44. The van der Waals surface area contributed by atoms with Gasteiger partial charge in [-0.1, -0.05) is 39.0 Å². The monoisotopic (exact) mass is 324 g/mol. The number of carbonyl (C=O) groups excluding carboxylic acids is 2. The van der Waals surface area contributed by atoms with Crippen LogP contribution >= 0.6 is 0 Å². The number of hydrogen-bond donors (Lipinski definition) is 2. The number of nitrogens with one attached hydrogen (secondary N) is 2. The van der Waals surface area contributed by atoms with Crippen LogP contribution in [0.25, 0.3) is 0 Å². The summed E-state index contributed by atoms with van der Waals surface area (Å²) < 4.78 is 0. The van der Waals surface area contributed by atoms with Crippen molar-refractivity contribution in [3.05, 3.63) is 59.2 Å². The molecule has 24 heavy (non-hydrogen) atoms. The van der Waals surface area contributed by atoms with Gasteiger partial charge in [0.15, 0.2) is 0 Å². The molecular formula is C20H24N2O2. The highest BCUT2D eigenvalue weighted by Gasteiger charge is 2.14. The summed E-state index contributed by atoms with van der Waals surface area (Å²) in [7, 11) is 0. The Labute approximate surface area is 143 Å². The van der Waals surface area contributed by atoms with Crippen LogP contribution in [-0.4, -0.2) is 11.8 Å². The van der Waals surface area contributed by atoms with Crippen LogP contribution in [0.5, 0.6) is 0 Å². The van der Waals surface area contributed by atoms with Gasteiger partial charge in [0.05, 0.1) is 0 Å². The maximum Gasteiger partial charge on any atom is 0.255 e. The van der Waals surface area contributed by atoms with Gasteiger partial charge in [-0.25, -0.2) is 0 Å². The second-order valence-electron chi connectivity index (χ2n) is 6.99. The fourth-order valence-electron chi connectivity index (χ4n) is 2.35. The summed E-state index contributed by atoms with van der Waals surface area (Å²) in [6.45, 7) is 9.78. The van der Waals surface area contributed by atoms with Gasteiger partial charge in [0.1, 0.15) is 0 Å². The van der Waals surface area contributed by atoms with Crippen molar-refractivity contribution >= 4 is 23.2 Å². The molecule has 2 aromatic carbocycles. The quantitative estimate of drug-likeness (QED) is 0.873. The van der Waals surface area contributed by atoms with Gasteiger partial charge in [0, 0.05) is 23.9 Å². The van der Waals surface area contributed by atoms with Crippen molar-refractivity contribution in [2.45, 2.75) is 40.0 Å². The number of hydrogen-bond acceptors (Lipinski definition) is 2. The van der Waals surface area contributed by atoms with Gasteiger partial charge >= 0.3 is 0 Å². The van der Waals surface area contributed by atoms with Crippen molar-refractivity contribution in [3.8, 4) is 0 Å². The molecule has 4 heteroatoms. The first-order chi connectivity index (χ1) is 11.2. The summed E-state index contributed by atoms with van der Waals surface area (Å²) in [6.07, 6.45) is 0. The molecule has 2 N–H and O–H groups in total. The first-order valence-electron chi connectivity index (χ1n) is 7.97. The summed E-state index contributed by atoms with van der Waals surface area (Å²) in [5.74, 6) is -0.313. The van der Waals surface area contributed by atoms with E-state index in [0.717, 1.165) is 5.56 Å². The van der Waals surface area contributed by atoms with E-state index in [1.54, 1.807) is 6.07 Å². The molecule has 0 fully saturated rings. The average molecular weight is 324 g/mol. The molecule has 0 saturated carbocycles. The number of carbonyl (C=O) groups is 2. The van der Waals surface area contributed by atoms with Crippen LogP contribution in [0, 0.1) is 6.92 Å². The normalized spacial score (nSPS) is 11.0. The Kier molecular flexibility index (Phi) is 5.07. The molecule has 0 unspecified atom stereocenters. The van der Waals surface area contributed by atoms with Crippen LogP contribution in [0.15, 0.2) is 42.5 Å². The number of anilines is 2. The molecule has 0 saturated heterocycles. The molecule has 0 bridgehead atoms. The van der Waals surface area contributed by atoms with Crippen LogP contribution < -0.4 is 10.6 Å². The predicted molar refractivity (Wildman–Crippen MR) is 98.6 cm³/mol. The van der Waals surface area contributed by atoms with Gasteiger partial charge in [-0.05, 0) is 47.7 Å². The van der Waals surface area contributed by atoms with Crippen molar-refractivity contribution in [3.63, 3.8) is 0 Å². The Morgan fingerprint density at radius 1 is 0.917 bits per heavy atom. The molecule has 0 aliphatic carbocycles. The molecule has 4 nitrogen and oxygen atoms in total. The molecule has 2 rings (SSSR count). The minimum Gasteiger partial charge on any atom is -0.326 e. The van der Waals surface area contributed by atoms with E-state index in [2.05, 4.69) is 31.4 Å². The molecule has 2 aromatic rings. The smallest absolute Gasteiger partial charge is 0.255 e. The molecule has 2 amide bonds. The van der Waals surface area contributed by atoms with Crippen molar-refractivity contribution in [2.24, 2.45) is 0 Å². The molecule has 0 heterocycles. The second kappa shape index (κ2) is 6.87. The van der Waals surface area contributed by atoms with Crippen LogP contribution in [0.1, 0.15) is 49.2 Å². The first-order valence-corrected chi connectivity index (χ1v) is 7.97. The highest BCUT2D eigenvalue weighted by Crippen LogP contribution is 2.24. The highest BCUT2D eigenvalue weighted by molar-refractivity contribution is 6.05. The number of amides is 2. The largest absolute Gasteiger partial charge is 0.326 e. The lowest BCUT2D eigenvalue weighted by atomic mass is 9.87. The van der Waals surface area contributed by atoms with E-state index < -0.39 is 0 Å². The van der Waals surface area contributed by atoms with E-state index in [1.165, 1.54) is 12.5 Å².